The normalized spacial score (nSPS) is 10.5. The molecule has 0 spiro atoms. The van der Waals surface area contributed by atoms with Gasteiger partial charge >= 0.3 is 0 Å². The monoisotopic (exact) mass is 271 g/mol. The van der Waals surface area contributed by atoms with Gasteiger partial charge in [-0.1, -0.05) is 23.2 Å². The Morgan fingerprint density at radius 3 is 2.71 bits per heavy atom. The molecule has 2 rings (SSSR count). The fourth-order valence-electron chi connectivity index (χ4n) is 1.39. The van der Waals surface area contributed by atoms with Crippen LogP contribution in [0.3, 0.4) is 0 Å². The minimum atomic E-state index is 0.317. The summed E-state index contributed by atoms with van der Waals surface area (Å²) >= 11 is 11.7. The second-order valence-corrected chi connectivity index (χ2v) is 4.25. The standard InChI is InChI=1S/C12H11Cl2NO2/c13-10-2-1-9(5-11(10)14)17-7-12-8(6-15)3-4-16-12/h1-5H,6-7,15H2. The van der Waals surface area contributed by atoms with Crippen molar-refractivity contribution >= 4 is 23.2 Å². The average molecular weight is 272 g/mol. The molecule has 1 aromatic carbocycles. The number of hydrogen-bond acceptors (Lipinski definition) is 3. The quantitative estimate of drug-likeness (QED) is 0.924. The van der Waals surface area contributed by atoms with Crippen molar-refractivity contribution in [3.8, 4) is 5.75 Å². The zero-order valence-corrected chi connectivity index (χ0v) is 10.5. The molecule has 1 aromatic heterocycles. The highest BCUT2D eigenvalue weighted by Gasteiger charge is 2.06. The van der Waals surface area contributed by atoms with Crippen LogP contribution >= 0.6 is 23.2 Å². The molecule has 1 heterocycles. The maximum absolute atomic E-state index is 5.88. The number of hydrogen-bond donors (Lipinski definition) is 1. The van der Waals surface area contributed by atoms with E-state index in [-0.39, 0.29) is 0 Å². The van der Waals surface area contributed by atoms with Crippen LogP contribution in [0.1, 0.15) is 11.3 Å². The van der Waals surface area contributed by atoms with Crippen LogP contribution in [0, 0.1) is 0 Å². The number of furan rings is 1. The largest absolute Gasteiger partial charge is 0.486 e. The lowest BCUT2D eigenvalue weighted by atomic mass is 10.2. The number of halogens is 2. The van der Waals surface area contributed by atoms with E-state index >= 15 is 0 Å². The highest BCUT2D eigenvalue weighted by atomic mass is 35.5. The fraction of sp³-hybridized carbons (Fsp3) is 0.167. The Hall–Kier alpha value is -1.16. The summed E-state index contributed by atoms with van der Waals surface area (Å²) in [5, 5.41) is 0.960. The third-order valence-electron chi connectivity index (χ3n) is 2.32. The average Bonchev–Trinajstić information content (AvgIpc) is 2.78. The lowest BCUT2D eigenvalue weighted by Gasteiger charge is -2.06. The summed E-state index contributed by atoms with van der Waals surface area (Å²) in [6, 6.07) is 6.92. The number of ether oxygens (including phenoxy) is 1. The first-order valence-electron chi connectivity index (χ1n) is 5.04. The highest BCUT2D eigenvalue weighted by molar-refractivity contribution is 6.42. The Balaban J connectivity index is 2.05. The van der Waals surface area contributed by atoms with E-state index in [9.17, 15) is 0 Å². The SMILES string of the molecule is NCc1ccoc1COc1ccc(Cl)c(Cl)c1. The van der Waals surface area contributed by atoms with Crippen LogP contribution in [0.25, 0.3) is 0 Å². The van der Waals surface area contributed by atoms with Crippen molar-refractivity contribution in [2.45, 2.75) is 13.2 Å². The summed E-state index contributed by atoms with van der Waals surface area (Å²) in [4.78, 5) is 0. The van der Waals surface area contributed by atoms with Gasteiger partial charge in [0, 0.05) is 18.2 Å². The van der Waals surface area contributed by atoms with Crippen molar-refractivity contribution in [2.75, 3.05) is 0 Å². The number of rotatable bonds is 4. The van der Waals surface area contributed by atoms with Gasteiger partial charge < -0.3 is 14.9 Å². The van der Waals surface area contributed by atoms with E-state index in [0.29, 0.717) is 28.9 Å². The second kappa shape index (κ2) is 5.45. The lowest BCUT2D eigenvalue weighted by molar-refractivity contribution is 0.268. The summed E-state index contributed by atoms with van der Waals surface area (Å²) in [7, 11) is 0. The van der Waals surface area contributed by atoms with Crippen LogP contribution in [-0.2, 0) is 13.2 Å². The molecule has 0 fully saturated rings. The van der Waals surface area contributed by atoms with Gasteiger partial charge in [0.2, 0.25) is 0 Å². The lowest BCUT2D eigenvalue weighted by Crippen LogP contribution is -2.01. The molecule has 0 aliphatic carbocycles. The minimum Gasteiger partial charge on any atom is -0.486 e. The molecule has 2 aromatic rings. The zero-order chi connectivity index (χ0) is 12.3. The molecule has 0 saturated carbocycles. The molecule has 5 heteroatoms. The van der Waals surface area contributed by atoms with Crippen LogP contribution in [0.5, 0.6) is 5.75 Å². The van der Waals surface area contributed by atoms with Crippen LogP contribution in [0.4, 0.5) is 0 Å². The molecule has 2 N–H and O–H groups in total. The maximum atomic E-state index is 5.88. The summed E-state index contributed by atoms with van der Waals surface area (Å²) < 4.78 is 10.8. The third-order valence-corrected chi connectivity index (χ3v) is 3.06. The summed E-state index contributed by atoms with van der Waals surface area (Å²) in [6.45, 7) is 0.744. The Morgan fingerprint density at radius 1 is 1.18 bits per heavy atom. The Morgan fingerprint density at radius 2 is 2.00 bits per heavy atom. The fourth-order valence-corrected chi connectivity index (χ4v) is 1.68. The van der Waals surface area contributed by atoms with Gasteiger partial charge in [0.15, 0.2) is 0 Å². The van der Waals surface area contributed by atoms with E-state index in [1.165, 1.54) is 0 Å². The highest BCUT2D eigenvalue weighted by Crippen LogP contribution is 2.27. The van der Waals surface area contributed by atoms with Gasteiger partial charge in [0.25, 0.3) is 0 Å². The third kappa shape index (κ3) is 2.94. The number of nitrogens with two attached hydrogens (primary N) is 1. The summed E-state index contributed by atoms with van der Waals surface area (Å²) in [6.07, 6.45) is 1.59. The topological polar surface area (TPSA) is 48.4 Å². The molecule has 0 aliphatic rings. The van der Waals surface area contributed by atoms with Crippen molar-refractivity contribution in [1.29, 1.82) is 0 Å². The Labute approximate surface area is 109 Å². The molecular weight excluding hydrogens is 261 g/mol. The molecule has 0 saturated heterocycles. The van der Waals surface area contributed by atoms with Crippen LogP contribution in [0.2, 0.25) is 10.0 Å². The first-order chi connectivity index (χ1) is 8.20. The van der Waals surface area contributed by atoms with Gasteiger partial charge in [0.1, 0.15) is 18.1 Å². The first-order valence-corrected chi connectivity index (χ1v) is 5.79. The van der Waals surface area contributed by atoms with Crippen molar-refractivity contribution in [1.82, 2.24) is 0 Å². The first kappa shape index (κ1) is 12.3. The molecule has 3 nitrogen and oxygen atoms in total. The van der Waals surface area contributed by atoms with Gasteiger partial charge in [-0.2, -0.15) is 0 Å². The predicted octanol–water partition coefficient (Wildman–Crippen LogP) is 3.62. The van der Waals surface area contributed by atoms with Gasteiger partial charge in [-0.3, -0.25) is 0 Å². The van der Waals surface area contributed by atoms with Gasteiger partial charge in [-0.25, -0.2) is 0 Å². The maximum Gasteiger partial charge on any atom is 0.146 e. The number of benzene rings is 1. The molecule has 90 valence electrons. The molecule has 17 heavy (non-hydrogen) atoms. The smallest absolute Gasteiger partial charge is 0.146 e. The van der Waals surface area contributed by atoms with Crippen molar-refractivity contribution in [3.63, 3.8) is 0 Å². The van der Waals surface area contributed by atoms with Gasteiger partial charge in [0.05, 0.1) is 16.3 Å². The van der Waals surface area contributed by atoms with E-state index in [1.54, 1.807) is 24.5 Å². The van der Waals surface area contributed by atoms with Gasteiger partial charge in [-0.15, -0.1) is 0 Å². The van der Waals surface area contributed by atoms with Crippen LogP contribution < -0.4 is 10.5 Å². The molecular formula is C12H11Cl2NO2. The second-order valence-electron chi connectivity index (χ2n) is 3.44. The van der Waals surface area contributed by atoms with Gasteiger partial charge in [-0.05, 0) is 18.2 Å². The summed E-state index contributed by atoms with van der Waals surface area (Å²) in [5.74, 6) is 1.36. The van der Waals surface area contributed by atoms with E-state index in [1.807, 2.05) is 6.07 Å². The van der Waals surface area contributed by atoms with E-state index in [0.717, 1.165) is 11.3 Å². The molecule has 0 atom stereocenters. The molecule has 0 aliphatic heterocycles. The van der Waals surface area contributed by atoms with E-state index < -0.39 is 0 Å². The van der Waals surface area contributed by atoms with E-state index in [4.69, 9.17) is 38.1 Å². The van der Waals surface area contributed by atoms with Crippen LogP contribution in [0.15, 0.2) is 34.9 Å². The summed E-state index contributed by atoms with van der Waals surface area (Å²) in [5.41, 5.74) is 6.49. The molecule has 0 unspecified atom stereocenters. The molecule has 0 amide bonds. The van der Waals surface area contributed by atoms with Crippen molar-refractivity contribution < 1.29 is 9.15 Å². The van der Waals surface area contributed by atoms with E-state index in [2.05, 4.69) is 0 Å². The predicted molar refractivity (Wildman–Crippen MR) is 67.4 cm³/mol. The molecule has 0 bridgehead atoms. The van der Waals surface area contributed by atoms with Crippen molar-refractivity contribution in [3.05, 3.63) is 51.9 Å². The Bertz CT molecular complexity index is 511. The molecule has 0 radical (unpaired) electrons. The Kier molecular flexibility index (Phi) is 3.94. The minimum absolute atomic E-state index is 0.317. The van der Waals surface area contributed by atoms with Crippen molar-refractivity contribution in [2.24, 2.45) is 5.73 Å². The van der Waals surface area contributed by atoms with Crippen LogP contribution in [-0.4, -0.2) is 0 Å². The zero-order valence-electron chi connectivity index (χ0n) is 8.95.